The Morgan fingerprint density at radius 2 is 2.19 bits per heavy atom. The fourth-order valence-corrected chi connectivity index (χ4v) is 2.32. The maximum absolute atomic E-state index is 5.40. The number of fused-ring (bicyclic) bond motifs is 1. The lowest BCUT2D eigenvalue weighted by molar-refractivity contribution is 0.429. The van der Waals surface area contributed by atoms with E-state index in [-0.39, 0.29) is 0 Å². The van der Waals surface area contributed by atoms with E-state index in [2.05, 4.69) is 41.3 Å². The summed E-state index contributed by atoms with van der Waals surface area (Å²) in [5.41, 5.74) is 2.33. The van der Waals surface area contributed by atoms with Crippen molar-refractivity contribution < 1.29 is 8.94 Å². The minimum Gasteiger partial charge on any atom is -0.446 e. The molecule has 0 saturated carbocycles. The Hall–Kier alpha value is -2.48. The lowest BCUT2D eigenvalue weighted by Gasteiger charge is -1.93. The van der Waals surface area contributed by atoms with E-state index in [0.29, 0.717) is 27.8 Å². The zero-order chi connectivity index (χ0) is 14.4. The molecule has 0 aromatic carbocycles. The van der Waals surface area contributed by atoms with Crippen molar-refractivity contribution >= 4 is 27.0 Å². The highest BCUT2D eigenvalue weighted by atomic mass is 79.9. The van der Waals surface area contributed by atoms with E-state index in [9.17, 15) is 0 Å². The molecule has 0 bridgehead atoms. The van der Waals surface area contributed by atoms with Crippen LogP contribution in [0.2, 0.25) is 0 Å². The Balaban J connectivity index is 1.78. The van der Waals surface area contributed by atoms with E-state index in [1.54, 1.807) is 18.3 Å². The second kappa shape index (κ2) is 4.52. The third-order valence-corrected chi connectivity index (χ3v) is 3.49. The van der Waals surface area contributed by atoms with Gasteiger partial charge in [0.1, 0.15) is 0 Å². The molecule has 0 atom stereocenters. The van der Waals surface area contributed by atoms with Gasteiger partial charge in [0, 0.05) is 17.3 Å². The summed E-state index contributed by atoms with van der Waals surface area (Å²) in [6.07, 6.45) is 1.65. The van der Waals surface area contributed by atoms with Crippen LogP contribution in [0.3, 0.4) is 0 Å². The van der Waals surface area contributed by atoms with E-state index in [0.717, 1.165) is 16.6 Å². The number of nitrogens with one attached hydrogen (secondary N) is 1. The molecule has 4 aromatic rings. The smallest absolute Gasteiger partial charge is 0.259 e. The average Bonchev–Trinajstić information content (AvgIpc) is 3.19. The Labute approximate surface area is 126 Å². The molecule has 21 heavy (non-hydrogen) atoms. The molecular weight excluding hydrogens is 338 g/mol. The quantitative estimate of drug-likeness (QED) is 0.598. The summed E-state index contributed by atoms with van der Waals surface area (Å²) in [6, 6.07) is 5.45. The van der Waals surface area contributed by atoms with Gasteiger partial charge in [0.25, 0.3) is 5.89 Å². The molecule has 0 aliphatic rings. The number of pyridine rings is 1. The van der Waals surface area contributed by atoms with Crippen LogP contribution in [0.1, 0.15) is 5.69 Å². The first-order valence-corrected chi connectivity index (χ1v) is 6.90. The van der Waals surface area contributed by atoms with Gasteiger partial charge < -0.3 is 8.94 Å². The number of halogens is 1. The average molecular weight is 346 g/mol. The zero-order valence-electron chi connectivity index (χ0n) is 10.8. The van der Waals surface area contributed by atoms with Crippen LogP contribution in [0.15, 0.2) is 38.0 Å². The van der Waals surface area contributed by atoms with Crippen LogP contribution in [-0.2, 0) is 0 Å². The number of rotatable bonds is 2. The highest BCUT2D eigenvalue weighted by Gasteiger charge is 2.15. The van der Waals surface area contributed by atoms with Gasteiger partial charge in [0.05, 0.1) is 5.56 Å². The van der Waals surface area contributed by atoms with Gasteiger partial charge in [-0.2, -0.15) is 10.1 Å². The normalized spacial score (nSPS) is 11.3. The first-order valence-electron chi connectivity index (χ1n) is 6.11. The minimum atomic E-state index is 0.382. The van der Waals surface area contributed by atoms with E-state index in [1.807, 2.05) is 13.0 Å². The van der Waals surface area contributed by atoms with Gasteiger partial charge in [-0.15, -0.1) is 0 Å². The summed E-state index contributed by atoms with van der Waals surface area (Å²) in [4.78, 5) is 8.59. The van der Waals surface area contributed by atoms with Crippen molar-refractivity contribution in [2.45, 2.75) is 6.92 Å². The molecule has 0 unspecified atom stereocenters. The van der Waals surface area contributed by atoms with E-state index in [4.69, 9.17) is 8.94 Å². The van der Waals surface area contributed by atoms with Crippen molar-refractivity contribution in [2.75, 3.05) is 0 Å². The number of aromatic amines is 1. The highest BCUT2D eigenvalue weighted by molar-refractivity contribution is 9.10. The Bertz CT molecular complexity index is 939. The zero-order valence-corrected chi connectivity index (χ0v) is 12.4. The SMILES string of the molecule is Cc1[nH]nc2ncc(-c3nc(-c4ccc(Br)o4)no3)cc12. The largest absolute Gasteiger partial charge is 0.446 e. The van der Waals surface area contributed by atoms with Crippen LogP contribution >= 0.6 is 15.9 Å². The standard InChI is InChI=1S/C13H8BrN5O2/c1-6-8-4-7(5-15-11(8)18-17-6)13-16-12(19-21-13)9-2-3-10(14)20-9/h2-5H,1H3,(H,15,17,18). The Morgan fingerprint density at radius 3 is 3.00 bits per heavy atom. The maximum Gasteiger partial charge on any atom is 0.259 e. The number of furan rings is 1. The third-order valence-electron chi connectivity index (χ3n) is 3.07. The van der Waals surface area contributed by atoms with Gasteiger partial charge in [-0.05, 0) is 41.1 Å². The molecule has 8 heteroatoms. The van der Waals surface area contributed by atoms with Gasteiger partial charge >= 0.3 is 0 Å². The maximum atomic E-state index is 5.40. The molecular formula is C13H8BrN5O2. The predicted molar refractivity (Wildman–Crippen MR) is 77.3 cm³/mol. The lowest BCUT2D eigenvalue weighted by Crippen LogP contribution is -1.83. The Morgan fingerprint density at radius 1 is 1.29 bits per heavy atom. The van der Waals surface area contributed by atoms with Crippen LogP contribution in [-0.4, -0.2) is 25.3 Å². The molecule has 0 saturated heterocycles. The molecule has 0 aliphatic heterocycles. The van der Waals surface area contributed by atoms with Gasteiger partial charge in [-0.1, -0.05) is 5.16 Å². The lowest BCUT2D eigenvalue weighted by atomic mass is 10.2. The van der Waals surface area contributed by atoms with Crippen molar-refractivity contribution in [3.63, 3.8) is 0 Å². The minimum absolute atomic E-state index is 0.382. The highest BCUT2D eigenvalue weighted by Crippen LogP contribution is 2.26. The van der Waals surface area contributed by atoms with Gasteiger partial charge in [0.15, 0.2) is 16.1 Å². The summed E-state index contributed by atoms with van der Waals surface area (Å²) in [5, 5.41) is 11.8. The summed E-state index contributed by atoms with van der Waals surface area (Å²) in [6.45, 7) is 1.93. The van der Waals surface area contributed by atoms with Crippen molar-refractivity contribution in [1.29, 1.82) is 0 Å². The predicted octanol–water partition coefficient (Wildman–Crippen LogP) is 3.34. The van der Waals surface area contributed by atoms with E-state index >= 15 is 0 Å². The van der Waals surface area contributed by atoms with Gasteiger partial charge in [-0.3, -0.25) is 5.10 Å². The second-order valence-electron chi connectivity index (χ2n) is 4.47. The van der Waals surface area contributed by atoms with Crippen LogP contribution in [0.25, 0.3) is 34.1 Å². The molecule has 4 aromatic heterocycles. The van der Waals surface area contributed by atoms with Crippen LogP contribution in [0.5, 0.6) is 0 Å². The van der Waals surface area contributed by atoms with Gasteiger partial charge in [-0.25, -0.2) is 4.98 Å². The molecule has 1 N–H and O–H groups in total. The van der Waals surface area contributed by atoms with Crippen LogP contribution < -0.4 is 0 Å². The fraction of sp³-hybridized carbons (Fsp3) is 0.0769. The number of hydrogen-bond acceptors (Lipinski definition) is 6. The molecule has 0 fully saturated rings. The van der Waals surface area contributed by atoms with Crippen molar-refractivity contribution in [3.05, 3.63) is 34.8 Å². The van der Waals surface area contributed by atoms with Crippen LogP contribution in [0, 0.1) is 6.92 Å². The van der Waals surface area contributed by atoms with E-state index in [1.165, 1.54) is 0 Å². The van der Waals surface area contributed by atoms with E-state index < -0.39 is 0 Å². The van der Waals surface area contributed by atoms with Crippen LogP contribution in [0.4, 0.5) is 0 Å². The topological polar surface area (TPSA) is 93.6 Å². The summed E-state index contributed by atoms with van der Waals surface area (Å²) in [5.74, 6) is 1.30. The number of nitrogens with zero attached hydrogens (tertiary/aromatic N) is 4. The molecule has 0 radical (unpaired) electrons. The van der Waals surface area contributed by atoms with Crippen molar-refractivity contribution in [3.8, 4) is 23.0 Å². The monoisotopic (exact) mass is 345 g/mol. The van der Waals surface area contributed by atoms with Crippen molar-refractivity contribution in [1.82, 2.24) is 25.3 Å². The first kappa shape index (κ1) is 12.3. The number of H-pyrrole nitrogens is 1. The molecule has 104 valence electrons. The second-order valence-corrected chi connectivity index (χ2v) is 5.25. The third kappa shape index (κ3) is 2.04. The Kier molecular flexibility index (Phi) is 2.64. The fourth-order valence-electron chi connectivity index (χ4n) is 2.01. The van der Waals surface area contributed by atoms with Gasteiger partial charge in [0.2, 0.25) is 5.82 Å². The molecule has 4 heterocycles. The summed E-state index contributed by atoms with van der Waals surface area (Å²) < 4.78 is 11.3. The number of aryl methyl sites for hydroxylation is 1. The molecule has 0 aliphatic carbocycles. The van der Waals surface area contributed by atoms with Crippen molar-refractivity contribution in [2.24, 2.45) is 0 Å². The molecule has 0 spiro atoms. The molecule has 4 rings (SSSR count). The summed E-state index contributed by atoms with van der Waals surface area (Å²) in [7, 11) is 0. The number of hydrogen-bond donors (Lipinski definition) is 1. The first-order chi connectivity index (χ1) is 10.2. The molecule has 0 amide bonds. The molecule has 7 nitrogen and oxygen atoms in total. The summed E-state index contributed by atoms with van der Waals surface area (Å²) >= 11 is 3.24. The number of aromatic nitrogens is 5.